The lowest BCUT2D eigenvalue weighted by Gasteiger charge is -2.16. The van der Waals surface area contributed by atoms with Gasteiger partial charge in [0.25, 0.3) is 0 Å². The molecule has 2 nitrogen and oxygen atoms in total. The number of alkyl halides is 4. The molecule has 0 saturated heterocycles. The van der Waals surface area contributed by atoms with Gasteiger partial charge in [-0.1, -0.05) is 0 Å². The lowest BCUT2D eigenvalue weighted by molar-refractivity contribution is -0.253. The van der Waals surface area contributed by atoms with Crippen molar-refractivity contribution in [2.75, 3.05) is 0 Å². The van der Waals surface area contributed by atoms with Gasteiger partial charge in [0.1, 0.15) is 11.5 Å². The smallest absolute Gasteiger partial charge is 0.461 e. The average Bonchev–Trinajstić information content (AvgIpc) is 2.10. The molecular formula is C8H5BrF4O2. The molecule has 0 aromatic heterocycles. The summed E-state index contributed by atoms with van der Waals surface area (Å²) in [5.74, 6) is -0.673. The SMILES string of the molecule is Oc1ccc(OC(F)(F)C(F)F)cc1Br. The Kier molecular flexibility index (Phi) is 3.43. The van der Waals surface area contributed by atoms with Crippen molar-refractivity contribution in [3.63, 3.8) is 0 Å². The predicted molar refractivity (Wildman–Crippen MR) is 47.4 cm³/mol. The average molecular weight is 289 g/mol. The second-order valence-electron chi connectivity index (χ2n) is 2.58. The number of aromatic hydroxyl groups is 1. The van der Waals surface area contributed by atoms with Crippen LogP contribution in [0.3, 0.4) is 0 Å². The molecule has 0 aliphatic carbocycles. The zero-order chi connectivity index (χ0) is 11.6. The summed E-state index contributed by atoms with van der Waals surface area (Å²) in [6, 6.07) is 2.96. The first-order valence-corrected chi connectivity index (χ1v) is 4.45. The lowest BCUT2D eigenvalue weighted by Crippen LogP contribution is -2.33. The summed E-state index contributed by atoms with van der Waals surface area (Å²) in [7, 11) is 0. The largest absolute Gasteiger partial charge is 0.507 e. The van der Waals surface area contributed by atoms with Crippen molar-refractivity contribution in [3.05, 3.63) is 22.7 Å². The number of rotatable bonds is 3. The van der Waals surface area contributed by atoms with E-state index in [0.717, 1.165) is 18.2 Å². The number of benzene rings is 1. The number of phenols is 1. The van der Waals surface area contributed by atoms with Gasteiger partial charge in [-0.05, 0) is 34.1 Å². The van der Waals surface area contributed by atoms with Crippen molar-refractivity contribution >= 4 is 15.9 Å². The molecule has 84 valence electrons. The maximum absolute atomic E-state index is 12.4. The summed E-state index contributed by atoms with van der Waals surface area (Å²) in [4.78, 5) is 0. The normalized spacial score (nSPS) is 11.9. The van der Waals surface area contributed by atoms with E-state index in [1.54, 1.807) is 0 Å². The van der Waals surface area contributed by atoms with Gasteiger partial charge in [-0.2, -0.15) is 17.6 Å². The summed E-state index contributed by atoms with van der Waals surface area (Å²) in [5, 5.41) is 9.01. The van der Waals surface area contributed by atoms with Crippen LogP contribution in [-0.2, 0) is 0 Å². The van der Waals surface area contributed by atoms with Gasteiger partial charge in [0.15, 0.2) is 0 Å². The van der Waals surface area contributed by atoms with Gasteiger partial charge in [0.2, 0.25) is 0 Å². The molecule has 7 heteroatoms. The van der Waals surface area contributed by atoms with Gasteiger partial charge >= 0.3 is 12.5 Å². The minimum Gasteiger partial charge on any atom is -0.507 e. The Bertz CT molecular complexity index is 356. The van der Waals surface area contributed by atoms with Crippen LogP contribution >= 0.6 is 15.9 Å². The molecule has 1 aromatic rings. The standard InChI is InChI=1S/C8H5BrF4O2/c9-5-3-4(1-2-6(5)14)15-8(12,13)7(10)11/h1-3,7,14H. The first-order chi connectivity index (χ1) is 6.83. The highest BCUT2D eigenvalue weighted by molar-refractivity contribution is 9.10. The summed E-state index contributed by atoms with van der Waals surface area (Å²) in [6.07, 6.45) is -8.46. The molecule has 0 radical (unpaired) electrons. The topological polar surface area (TPSA) is 29.5 Å². The van der Waals surface area contributed by atoms with Gasteiger partial charge in [-0.25, -0.2) is 0 Å². The fourth-order valence-corrected chi connectivity index (χ4v) is 1.11. The minimum atomic E-state index is -4.55. The minimum absolute atomic E-state index is 0.0741. The second-order valence-corrected chi connectivity index (χ2v) is 3.43. The molecule has 1 rings (SSSR count). The van der Waals surface area contributed by atoms with Crippen LogP contribution in [0.1, 0.15) is 0 Å². The van der Waals surface area contributed by atoms with E-state index in [2.05, 4.69) is 20.7 Å². The monoisotopic (exact) mass is 288 g/mol. The molecule has 0 saturated carbocycles. The predicted octanol–water partition coefficient (Wildman–Crippen LogP) is 3.39. The Morgan fingerprint density at radius 3 is 2.40 bits per heavy atom. The van der Waals surface area contributed by atoms with Crippen LogP contribution in [0, 0.1) is 0 Å². The molecule has 0 atom stereocenters. The number of ether oxygens (including phenoxy) is 1. The fraction of sp³-hybridized carbons (Fsp3) is 0.250. The molecule has 1 N–H and O–H groups in total. The molecule has 0 bridgehead atoms. The zero-order valence-corrected chi connectivity index (χ0v) is 8.64. The van der Waals surface area contributed by atoms with Crippen LogP contribution in [0.25, 0.3) is 0 Å². The van der Waals surface area contributed by atoms with Gasteiger partial charge in [0, 0.05) is 0 Å². The summed E-state index contributed by atoms with van der Waals surface area (Å²) < 4.78 is 52.2. The molecule has 0 unspecified atom stereocenters. The number of halogens is 5. The zero-order valence-electron chi connectivity index (χ0n) is 7.05. The maximum Gasteiger partial charge on any atom is 0.461 e. The van der Waals surface area contributed by atoms with Crippen LogP contribution in [0.15, 0.2) is 22.7 Å². The highest BCUT2D eigenvalue weighted by Crippen LogP contribution is 2.32. The molecule has 0 aliphatic heterocycles. The van der Waals surface area contributed by atoms with Crippen molar-refractivity contribution < 1.29 is 27.4 Å². The van der Waals surface area contributed by atoms with Crippen molar-refractivity contribution in [2.24, 2.45) is 0 Å². The van der Waals surface area contributed by atoms with Gasteiger partial charge < -0.3 is 9.84 Å². The second kappa shape index (κ2) is 4.26. The highest BCUT2D eigenvalue weighted by atomic mass is 79.9. The highest BCUT2D eigenvalue weighted by Gasteiger charge is 2.43. The van der Waals surface area contributed by atoms with Crippen LogP contribution < -0.4 is 4.74 Å². The molecule has 1 aromatic carbocycles. The molecule has 0 aliphatic rings. The van der Waals surface area contributed by atoms with E-state index < -0.39 is 18.3 Å². The van der Waals surface area contributed by atoms with Crippen molar-refractivity contribution in [1.29, 1.82) is 0 Å². The number of hydrogen-bond donors (Lipinski definition) is 1. The maximum atomic E-state index is 12.4. The van der Waals surface area contributed by atoms with E-state index >= 15 is 0 Å². The van der Waals surface area contributed by atoms with E-state index in [0.29, 0.717) is 0 Å². The van der Waals surface area contributed by atoms with Crippen LogP contribution in [-0.4, -0.2) is 17.6 Å². The van der Waals surface area contributed by atoms with Crippen LogP contribution in [0.2, 0.25) is 0 Å². The van der Waals surface area contributed by atoms with E-state index in [-0.39, 0.29) is 10.2 Å². The van der Waals surface area contributed by atoms with E-state index in [1.165, 1.54) is 0 Å². The third-order valence-corrected chi connectivity index (χ3v) is 2.06. The quantitative estimate of drug-likeness (QED) is 0.864. The molecule has 0 spiro atoms. The summed E-state index contributed by atoms with van der Waals surface area (Å²) >= 11 is 2.83. The number of hydrogen-bond acceptors (Lipinski definition) is 2. The molecule has 0 heterocycles. The lowest BCUT2D eigenvalue weighted by atomic mass is 10.3. The van der Waals surface area contributed by atoms with Crippen LogP contribution in [0.5, 0.6) is 11.5 Å². The molecular weight excluding hydrogens is 284 g/mol. The Hall–Kier alpha value is -0.980. The Morgan fingerprint density at radius 1 is 1.33 bits per heavy atom. The van der Waals surface area contributed by atoms with Crippen LogP contribution in [0.4, 0.5) is 17.6 Å². The third-order valence-electron chi connectivity index (χ3n) is 1.43. The van der Waals surface area contributed by atoms with Gasteiger partial charge in [0.05, 0.1) is 4.47 Å². The van der Waals surface area contributed by atoms with Crippen molar-refractivity contribution in [3.8, 4) is 11.5 Å². The first kappa shape index (κ1) is 12.1. The molecule has 15 heavy (non-hydrogen) atoms. The number of phenolic OH excluding ortho intramolecular Hbond substituents is 1. The molecule has 0 fully saturated rings. The first-order valence-electron chi connectivity index (χ1n) is 3.66. The van der Waals surface area contributed by atoms with E-state index in [9.17, 15) is 17.6 Å². The van der Waals surface area contributed by atoms with Gasteiger partial charge in [-0.15, -0.1) is 0 Å². The third kappa shape index (κ3) is 2.98. The van der Waals surface area contributed by atoms with E-state index in [4.69, 9.17) is 5.11 Å². The van der Waals surface area contributed by atoms with Gasteiger partial charge in [-0.3, -0.25) is 0 Å². The Morgan fingerprint density at radius 2 is 1.93 bits per heavy atom. The summed E-state index contributed by atoms with van der Waals surface area (Å²) in [6.45, 7) is 0. The summed E-state index contributed by atoms with van der Waals surface area (Å²) in [5.41, 5.74) is 0. The molecule has 0 amide bonds. The Labute approximate surface area is 90.6 Å². The van der Waals surface area contributed by atoms with Crippen molar-refractivity contribution in [2.45, 2.75) is 12.5 Å². The Balaban J connectivity index is 2.86. The van der Waals surface area contributed by atoms with Crippen molar-refractivity contribution in [1.82, 2.24) is 0 Å². The van der Waals surface area contributed by atoms with E-state index in [1.807, 2.05) is 0 Å². The fourth-order valence-electron chi connectivity index (χ4n) is 0.753.